The number of benzene rings is 2. The number of hydrogen-bond acceptors (Lipinski definition) is 2. The Hall–Kier alpha value is -2.29. The minimum atomic E-state index is -1.21. The van der Waals surface area contributed by atoms with Crippen molar-refractivity contribution in [2.24, 2.45) is 0 Å². The molecule has 1 N–H and O–H groups in total. The first-order valence-corrected chi connectivity index (χ1v) is 6.73. The summed E-state index contributed by atoms with van der Waals surface area (Å²) < 4.78 is 4.58. The van der Waals surface area contributed by atoms with Gasteiger partial charge in [-0.3, -0.25) is 0 Å². The predicted octanol–water partition coefficient (Wildman–Crippen LogP) is 4.29. The fraction of sp³-hybridized carbons (Fsp3) is 0.235. The van der Waals surface area contributed by atoms with Gasteiger partial charge < -0.3 is 9.84 Å². The summed E-state index contributed by atoms with van der Waals surface area (Å²) in [4.78, 5) is 10.4. The van der Waals surface area contributed by atoms with Crippen molar-refractivity contribution in [3.63, 3.8) is 0 Å². The molecule has 0 atom stereocenters. The van der Waals surface area contributed by atoms with E-state index in [0.717, 1.165) is 6.42 Å². The van der Waals surface area contributed by atoms with Crippen LogP contribution in [-0.2, 0) is 4.74 Å². The summed E-state index contributed by atoms with van der Waals surface area (Å²) >= 11 is 0. The average Bonchev–Trinajstić information content (AvgIpc) is 2.49. The summed E-state index contributed by atoms with van der Waals surface area (Å²) in [7, 11) is 0. The highest BCUT2D eigenvalue weighted by atomic mass is 16.7. The highest BCUT2D eigenvalue weighted by molar-refractivity contribution is 5.56. The molecule has 2 rings (SSSR count). The zero-order valence-electron chi connectivity index (χ0n) is 11.2. The third-order valence-electron chi connectivity index (χ3n) is 3.27. The monoisotopic (exact) mass is 270 g/mol. The van der Waals surface area contributed by atoms with Crippen LogP contribution in [0.15, 0.2) is 60.7 Å². The van der Waals surface area contributed by atoms with E-state index in [9.17, 15) is 4.79 Å². The number of carboxylic acid groups (broad SMARTS) is 1. The summed E-state index contributed by atoms with van der Waals surface area (Å²) in [6.45, 7) is 0.242. The van der Waals surface area contributed by atoms with Crippen molar-refractivity contribution in [1.29, 1.82) is 0 Å². The second-order valence-electron chi connectivity index (χ2n) is 4.63. The van der Waals surface area contributed by atoms with Crippen LogP contribution in [0.25, 0.3) is 0 Å². The lowest BCUT2D eigenvalue weighted by molar-refractivity contribution is 0.0899. The number of carbonyl (C=O) groups is 1. The SMILES string of the molecule is O=C(O)OCCCC(c1ccccc1)c1ccccc1. The maximum Gasteiger partial charge on any atom is 0.505 e. The number of rotatable bonds is 6. The third kappa shape index (κ3) is 4.12. The van der Waals surface area contributed by atoms with E-state index in [1.165, 1.54) is 11.1 Å². The van der Waals surface area contributed by atoms with Crippen LogP contribution in [0.2, 0.25) is 0 Å². The molecule has 0 spiro atoms. The zero-order chi connectivity index (χ0) is 14.2. The van der Waals surface area contributed by atoms with Crippen LogP contribution >= 0.6 is 0 Å². The Kier molecular flexibility index (Phi) is 5.18. The van der Waals surface area contributed by atoms with Gasteiger partial charge in [0.2, 0.25) is 0 Å². The summed E-state index contributed by atoms with van der Waals surface area (Å²) in [5, 5.41) is 8.49. The van der Waals surface area contributed by atoms with Gasteiger partial charge in [-0.15, -0.1) is 0 Å². The van der Waals surface area contributed by atoms with Crippen LogP contribution in [0, 0.1) is 0 Å². The highest BCUT2D eigenvalue weighted by Crippen LogP contribution is 2.28. The van der Waals surface area contributed by atoms with Gasteiger partial charge in [0.25, 0.3) is 0 Å². The molecule has 0 fully saturated rings. The Morgan fingerprint density at radius 2 is 1.45 bits per heavy atom. The molecule has 0 amide bonds. The molecule has 3 heteroatoms. The van der Waals surface area contributed by atoms with Gasteiger partial charge in [0.15, 0.2) is 0 Å². The van der Waals surface area contributed by atoms with E-state index < -0.39 is 6.16 Å². The highest BCUT2D eigenvalue weighted by Gasteiger charge is 2.13. The Labute approximate surface area is 118 Å². The molecule has 2 aromatic rings. The van der Waals surface area contributed by atoms with Gasteiger partial charge in [0.05, 0.1) is 6.61 Å². The molecule has 0 aliphatic heterocycles. The van der Waals surface area contributed by atoms with Crippen molar-refractivity contribution >= 4 is 6.16 Å². The van der Waals surface area contributed by atoms with Gasteiger partial charge in [-0.05, 0) is 24.0 Å². The largest absolute Gasteiger partial charge is 0.505 e. The fourth-order valence-electron chi connectivity index (χ4n) is 2.34. The lowest BCUT2D eigenvalue weighted by Gasteiger charge is -2.17. The van der Waals surface area contributed by atoms with Gasteiger partial charge >= 0.3 is 6.16 Å². The van der Waals surface area contributed by atoms with Crippen LogP contribution in [-0.4, -0.2) is 17.9 Å². The quantitative estimate of drug-likeness (QED) is 0.629. The molecule has 0 aromatic heterocycles. The first-order valence-electron chi connectivity index (χ1n) is 6.73. The zero-order valence-corrected chi connectivity index (χ0v) is 11.2. The van der Waals surface area contributed by atoms with Crippen LogP contribution in [0.5, 0.6) is 0 Å². The Morgan fingerprint density at radius 1 is 0.950 bits per heavy atom. The second-order valence-corrected chi connectivity index (χ2v) is 4.63. The molecule has 2 aromatic carbocycles. The normalized spacial score (nSPS) is 10.4. The summed E-state index contributed by atoms with van der Waals surface area (Å²) in [6.07, 6.45) is 0.364. The summed E-state index contributed by atoms with van der Waals surface area (Å²) in [6, 6.07) is 20.5. The molecule has 0 aliphatic carbocycles. The first kappa shape index (κ1) is 14.1. The van der Waals surface area contributed by atoms with Gasteiger partial charge in [-0.2, -0.15) is 0 Å². The molecule has 0 bridgehead atoms. The van der Waals surface area contributed by atoms with Crippen molar-refractivity contribution in [3.05, 3.63) is 71.8 Å². The molecular weight excluding hydrogens is 252 g/mol. The Bertz CT molecular complexity index is 483. The topological polar surface area (TPSA) is 46.5 Å². The van der Waals surface area contributed by atoms with E-state index in [2.05, 4.69) is 29.0 Å². The van der Waals surface area contributed by atoms with Gasteiger partial charge in [-0.25, -0.2) is 4.79 Å². The second kappa shape index (κ2) is 7.34. The molecule has 0 radical (unpaired) electrons. The van der Waals surface area contributed by atoms with E-state index in [1.807, 2.05) is 36.4 Å². The Morgan fingerprint density at radius 3 is 1.90 bits per heavy atom. The lowest BCUT2D eigenvalue weighted by atomic mass is 9.88. The van der Waals surface area contributed by atoms with Crippen molar-refractivity contribution in [3.8, 4) is 0 Å². The van der Waals surface area contributed by atoms with Gasteiger partial charge in [-0.1, -0.05) is 60.7 Å². The van der Waals surface area contributed by atoms with Crippen molar-refractivity contribution in [1.82, 2.24) is 0 Å². The minimum absolute atomic E-state index is 0.242. The van der Waals surface area contributed by atoms with E-state index >= 15 is 0 Å². The average molecular weight is 270 g/mol. The molecule has 3 nitrogen and oxygen atoms in total. The van der Waals surface area contributed by atoms with E-state index in [4.69, 9.17) is 5.11 Å². The number of hydrogen-bond donors (Lipinski definition) is 1. The molecular formula is C17H18O3. The summed E-state index contributed by atoms with van der Waals surface area (Å²) in [5.74, 6) is 0.273. The van der Waals surface area contributed by atoms with E-state index in [-0.39, 0.29) is 12.5 Å². The van der Waals surface area contributed by atoms with Crippen molar-refractivity contribution < 1.29 is 14.6 Å². The van der Waals surface area contributed by atoms with Crippen molar-refractivity contribution in [2.75, 3.05) is 6.61 Å². The van der Waals surface area contributed by atoms with Crippen LogP contribution < -0.4 is 0 Å². The standard InChI is InChI=1S/C17H18O3/c18-17(19)20-13-7-12-16(14-8-3-1-4-9-14)15-10-5-2-6-11-15/h1-6,8-11,16H,7,12-13H2,(H,18,19). The van der Waals surface area contributed by atoms with E-state index in [0.29, 0.717) is 6.42 Å². The smallest absolute Gasteiger partial charge is 0.450 e. The maximum absolute atomic E-state index is 10.4. The molecule has 0 saturated heterocycles. The summed E-state index contributed by atoms with van der Waals surface area (Å²) in [5.41, 5.74) is 2.49. The lowest BCUT2D eigenvalue weighted by Crippen LogP contribution is -2.06. The maximum atomic E-state index is 10.4. The molecule has 0 heterocycles. The van der Waals surface area contributed by atoms with Gasteiger partial charge in [0.1, 0.15) is 0 Å². The minimum Gasteiger partial charge on any atom is -0.450 e. The number of ether oxygens (including phenoxy) is 1. The van der Waals surface area contributed by atoms with Crippen LogP contribution in [0.4, 0.5) is 4.79 Å². The first-order chi connectivity index (χ1) is 9.77. The molecule has 0 saturated carbocycles. The Balaban J connectivity index is 2.07. The molecule has 20 heavy (non-hydrogen) atoms. The van der Waals surface area contributed by atoms with Crippen molar-refractivity contribution in [2.45, 2.75) is 18.8 Å². The predicted molar refractivity (Wildman–Crippen MR) is 77.9 cm³/mol. The fourth-order valence-corrected chi connectivity index (χ4v) is 2.34. The van der Waals surface area contributed by atoms with Crippen LogP contribution in [0.1, 0.15) is 29.9 Å². The molecule has 0 aliphatic rings. The van der Waals surface area contributed by atoms with Crippen LogP contribution in [0.3, 0.4) is 0 Å². The van der Waals surface area contributed by atoms with E-state index in [1.54, 1.807) is 0 Å². The molecule has 0 unspecified atom stereocenters. The molecule has 104 valence electrons. The van der Waals surface area contributed by atoms with Gasteiger partial charge in [0, 0.05) is 5.92 Å². The third-order valence-corrected chi connectivity index (χ3v) is 3.27.